The summed E-state index contributed by atoms with van der Waals surface area (Å²) in [6.45, 7) is 4.09. The Morgan fingerprint density at radius 1 is 1.50 bits per heavy atom. The van der Waals surface area contributed by atoms with Gasteiger partial charge < -0.3 is 15.8 Å². The molecule has 5 heteroatoms. The third-order valence-corrected chi connectivity index (χ3v) is 4.15. The molecule has 0 saturated heterocycles. The molecular weight excluding hydrogens is 272 g/mol. The maximum Gasteiger partial charge on any atom is 0.224 e. The number of nitrogens with one attached hydrogen (secondary N) is 1. The number of anilines is 2. The number of amides is 1. The van der Waals surface area contributed by atoms with Crippen LogP contribution < -0.4 is 11.1 Å². The summed E-state index contributed by atoms with van der Waals surface area (Å²) in [5, 5.41) is 2.87. The number of carbonyl (C=O) groups is 1. The van der Waals surface area contributed by atoms with Crippen molar-refractivity contribution in [2.45, 2.75) is 44.1 Å². The van der Waals surface area contributed by atoms with Crippen molar-refractivity contribution in [2.75, 3.05) is 23.9 Å². The first-order valence-corrected chi connectivity index (χ1v) is 7.90. The van der Waals surface area contributed by atoms with Crippen LogP contribution in [-0.2, 0) is 9.53 Å². The topological polar surface area (TPSA) is 64.3 Å². The Bertz CT molecular complexity index is 438. The van der Waals surface area contributed by atoms with Gasteiger partial charge in [-0.3, -0.25) is 4.79 Å². The van der Waals surface area contributed by atoms with Crippen molar-refractivity contribution in [2.24, 2.45) is 0 Å². The molecule has 3 N–H and O–H groups in total. The predicted octanol–water partition coefficient (Wildman–Crippen LogP) is 3.52. The third-order valence-electron chi connectivity index (χ3n) is 2.95. The second kappa shape index (κ2) is 8.87. The van der Waals surface area contributed by atoms with Gasteiger partial charge in [0.1, 0.15) is 0 Å². The molecule has 0 spiro atoms. The van der Waals surface area contributed by atoms with Crippen LogP contribution in [0.1, 0.15) is 33.1 Å². The monoisotopic (exact) mass is 296 g/mol. The van der Waals surface area contributed by atoms with Gasteiger partial charge in [-0.25, -0.2) is 0 Å². The third kappa shape index (κ3) is 5.84. The van der Waals surface area contributed by atoms with E-state index in [2.05, 4.69) is 12.2 Å². The van der Waals surface area contributed by atoms with Crippen LogP contribution >= 0.6 is 11.8 Å². The molecular formula is C15H24N2O2S. The van der Waals surface area contributed by atoms with Crippen LogP contribution in [0.25, 0.3) is 0 Å². The van der Waals surface area contributed by atoms with Gasteiger partial charge in [0, 0.05) is 18.4 Å². The molecule has 1 aromatic rings. The lowest BCUT2D eigenvalue weighted by atomic mass is 10.2. The van der Waals surface area contributed by atoms with E-state index in [4.69, 9.17) is 10.5 Å². The molecule has 4 nitrogen and oxygen atoms in total. The maximum atomic E-state index is 11.9. The summed E-state index contributed by atoms with van der Waals surface area (Å²) in [7, 11) is 1.65. The molecule has 1 amide bonds. The zero-order valence-corrected chi connectivity index (χ0v) is 13.3. The van der Waals surface area contributed by atoms with E-state index in [1.54, 1.807) is 18.9 Å². The van der Waals surface area contributed by atoms with Crippen LogP contribution in [-0.4, -0.2) is 24.9 Å². The number of thioether (sulfide) groups is 1. The first kappa shape index (κ1) is 16.9. The lowest BCUT2D eigenvalue weighted by molar-refractivity contribution is -0.116. The van der Waals surface area contributed by atoms with Crippen molar-refractivity contribution >= 4 is 29.0 Å². The normalized spacial score (nSPS) is 12.2. The molecule has 1 aromatic carbocycles. The molecule has 0 radical (unpaired) electrons. The second-order valence-corrected chi connectivity index (χ2v) is 5.90. The number of methoxy groups -OCH3 is 1. The van der Waals surface area contributed by atoms with Crippen molar-refractivity contribution in [1.82, 2.24) is 0 Å². The summed E-state index contributed by atoms with van der Waals surface area (Å²) < 4.78 is 5.13. The van der Waals surface area contributed by atoms with Gasteiger partial charge in [-0.2, -0.15) is 0 Å². The van der Waals surface area contributed by atoms with Gasteiger partial charge in [0.25, 0.3) is 0 Å². The maximum absolute atomic E-state index is 11.9. The number of ether oxygens (including phenoxy) is 1. The van der Waals surface area contributed by atoms with Gasteiger partial charge in [0.05, 0.1) is 17.5 Å². The zero-order chi connectivity index (χ0) is 15.0. The highest BCUT2D eigenvalue weighted by molar-refractivity contribution is 7.99. The Morgan fingerprint density at radius 2 is 2.25 bits per heavy atom. The summed E-state index contributed by atoms with van der Waals surface area (Å²) in [6, 6.07) is 5.76. The van der Waals surface area contributed by atoms with E-state index in [-0.39, 0.29) is 12.0 Å². The van der Waals surface area contributed by atoms with Crippen molar-refractivity contribution in [3.05, 3.63) is 18.2 Å². The number of nitrogens with two attached hydrogens (primary N) is 1. The Labute approximate surface area is 125 Å². The van der Waals surface area contributed by atoms with Crippen LogP contribution in [0.5, 0.6) is 0 Å². The van der Waals surface area contributed by atoms with Crippen LogP contribution in [0.2, 0.25) is 0 Å². The molecule has 20 heavy (non-hydrogen) atoms. The van der Waals surface area contributed by atoms with Crippen LogP contribution in [0, 0.1) is 0 Å². The highest BCUT2D eigenvalue weighted by Gasteiger charge is 2.09. The Kier molecular flexibility index (Phi) is 7.47. The van der Waals surface area contributed by atoms with Crippen molar-refractivity contribution in [3.63, 3.8) is 0 Å². The van der Waals surface area contributed by atoms with Gasteiger partial charge in [-0.1, -0.05) is 6.92 Å². The number of carbonyl (C=O) groups excluding carboxylic acids is 1. The van der Waals surface area contributed by atoms with Crippen molar-refractivity contribution in [3.8, 4) is 0 Å². The smallest absolute Gasteiger partial charge is 0.224 e. The molecule has 0 aliphatic carbocycles. The predicted molar refractivity (Wildman–Crippen MR) is 86.2 cm³/mol. The molecule has 0 aliphatic rings. The standard InChI is InChI=1S/C15H24N2O2S/c1-4-9-20-12-6-7-13(16)14(10-12)17-15(18)8-5-11(2)19-3/h6-7,10-11H,4-5,8-9,16H2,1-3H3,(H,17,18). The average Bonchev–Trinajstić information content (AvgIpc) is 2.45. The van der Waals surface area contributed by atoms with E-state index in [0.717, 1.165) is 17.1 Å². The van der Waals surface area contributed by atoms with Gasteiger partial charge in [0.15, 0.2) is 0 Å². The van der Waals surface area contributed by atoms with Crippen molar-refractivity contribution in [1.29, 1.82) is 0 Å². The fourth-order valence-electron chi connectivity index (χ4n) is 1.62. The molecule has 1 atom stereocenters. The number of hydrogen-bond acceptors (Lipinski definition) is 4. The Morgan fingerprint density at radius 3 is 2.90 bits per heavy atom. The molecule has 0 aliphatic heterocycles. The molecule has 0 saturated carbocycles. The first-order chi connectivity index (χ1) is 9.56. The summed E-state index contributed by atoms with van der Waals surface area (Å²) in [4.78, 5) is 13.0. The molecule has 112 valence electrons. The minimum atomic E-state index is -0.0294. The fourth-order valence-corrected chi connectivity index (χ4v) is 2.42. The summed E-state index contributed by atoms with van der Waals surface area (Å²) in [5.41, 5.74) is 7.19. The van der Waals surface area contributed by atoms with E-state index in [0.29, 0.717) is 24.2 Å². The van der Waals surface area contributed by atoms with Gasteiger partial charge in [0.2, 0.25) is 5.91 Å². The van der Waals surface area contributed by atoms with E-state index < -0.39 is 0 Å². The van der Waals surface area contributed by atoms with Gasteiger partial charge >= 0.3 is 0 Å². The lowest BCUT2D eigenvalue weighted by Gasteiger charge is -2.12. The average molecular weight is 296 g/mol. The van der Waals surface area contributed by atoms with Crippen LogP contribution in [0.4, 0.5) is 11.4 Å². The van der Waals surface area contributed by atoms with E-state index in [1.165, 1.54) is 0 Å². The molecule has 0 heterocycles. The summed E-state index contributed by atoms with van der Waals surface area (Å²) in [5.74, 6) is 1.03. The molecule has 0 bridgehead atoms. The molecule has 1 unspecified atom stereocenters. The minimum Gasteiger partial charge on any atom is -0.397 e. The number of hydrogen-bond donors (Lipinski definition) is 2. The Balaban J connectivity index is 2.59. The van der Waals surface area contributed by atoms with Gasteiger partial charge in [-0.05, 0) is 43.7 Å². The largest absolute Gasteiger partial charge is 0.397 e. The number of rotatable bonds is 8. The highest BCUT2D eigenvalue weighted by Crippen LogP contribution is 2.27. The number of benzene rings is 1. The summed E-state index contributed by atoms with van der Waals surface area (Å²) in [6.07, 6.45) is 2.34. The van der Waals surface area contributed by atoms with Crippen molar-refractivity contribution < 1.29 is 9.53 Å². The quantitative estimate of drug-likeness (QED) is 0.569. The van der Waals surface area contributed by atoms with E-state index in [9.17, 15) is 4.79 Å². The molecule has 0 aromatic heterocycles. The highest BCUT2D eigenvalue weighted by atomic mass is 32.2. The zero-order valence-electron chi connectivity index (χ0n) is 12.4. The minimum absolute atomic E-state index is 0.0294. The van der Waals surface area contributed by atoms with Gasteiger partial charge in [-0.15, -0.1) is 11.8 Å². The van der Waals surface area contributed by atoms with E-state index >= 15 is 0 Å². The fraction of sp³-hybridized carbons (Fsp3) is 0.533. The Hall–Kier alpha value is -1.20. The molecule has 1 rings (SSSR count). The summed E-state index contributed by atoms with van der Waals surface area (Å²) >= 11 is 1.77. The van der Waals surface area contributed by atoms with Crippen LogP contribution in [0.15, 0.2) is 23.1 Å². The van der Waals surface area contributed by atoms with E-state index in [1.807, 2.05) is 25.1 Å². The lowest BCUT2D eigenvalue weighted by Crippen LogP contribution is -2.16. The second-order valence-electron chi connectivity index (χ2n) is 4.73. The van der Waals surface area contributed by atoms with Crippen LogP contribution in [0.3, 0.4) is 0 Å². The molecule has 0 fully saturated rings. The number of nitrogen functional groups attached to an aromatic ring is 1. The first-order valence-electron chi connectivity index (χ1n) is 6.91. The SMILES string of the molecule is CCCSc1ccc(N)c(NC(=O)CCC(C)OC)c1.